The molecular weight excluding hydrogens is 388 g/mol. The first-order valence-corrected chi connectivity index (χ1v) is 9.74. The molecule has 0 aliphatic heterocycles. The highest BCUT2D eigenvalue weighted by Gasteiger charge is 2.18. The van der Waals surface area contributed by atoms with Gasteiger partial charge in [-0.3, -0.25) is 20.2 Å². The van der Waals surface area contributed by atoms with Crippen LogP contribution in [-0.2, 0) is 9.84 Å². The fraction of sp³-hybridized carbons (Fsp3) is 0.118. The predicted octanol–water partition coefficient (Wildman–Crippen LogP) is 2.61. The lowest BCUT2D eigenvalue weighted by Crippen LogP contribution is -2.12. The van der Waals surface area contributed by atoms with E-state index < -0.39 is 20.7 Å². The number of rotatable bonds is 5. The molecule has 0 atom stereocenters. The SMILES string of the molecule is Cc1ccc(C(=O)Nc2nnc(-c3cccc(S(C)(=O)=O)c3)o2)cc1[N+](=O)[O-]. The molecule has 11 heteroatoms. The summed E-state index contributed by atoms with van der Waals surface area (Å²) in [5.41, 5.74) is 0.655. The first-order valence-electron chi connectivity index (χ1n) is 7.85. The number of hydrogen-bond acceptors (Lipinski definition) is 8. The van der Waals surface area contributed by atoms with Crippen LogP contribution in [0, 0.1) is 17.0 Å². The topological polar surface area (TPSA) is 145 Å². The van der Waals surface area contributed by atoms with Crippen molar-refractivity contribution in [2.45, 2.75) is 11.8 Å². The van der Waals surface area contributed by atoms with Gasteiger partial charge in [-0.05, 0) is 31.2 Å². The number of benzene rings is 2. The van der Waals surface area contributed by atoms with Crippen molar-refractivity contribution in [1.29, 1.82) is 0 Å². The van der Waals surface area contributed by atoms with E-state index in [0.29, 0.717) is 11.1 Å². The summed E-state index contributed by atoms with van der Waals surface area (Å²) in [7, 11) is -3.41. The first kappa shape index (κ1) is 19.2. The number of sulfone groups is 1. The van der Waals surface area contributed by atoms with E-state index in [0.717, 1.165) is 12.3 Å². The molecule has 1 heterocycles. The van der Waals surface area contributed by atoms with Gasteiger partial charge in [0.15, 0.2) is 9.84 Å². The maximum absolute atomic E-state index is 12.3. The molecule has 1 amide bonds. The van der Waals surface area contributed by atoms with Crippen LogP contribution in [0.15, 0.2) is 51.8 Å². The van der Waals surface area contributed by atoms with Gasteiger partial charge in [0, 0.05) is 29.0 Å². The Labute approximate surface area is 159 Å². The van der Waals surface area contributed by atoms with Gasteiger partial charge in [-0.15, -0.1) is 5.10 Å². The van der Waals surface area contributed by atoms with Crippen LogP contribution in [0.4, 0.5) is 11.7 Å². The summed E-state index contributed by atoms with van der Waals surface area (Å²) < 4.78 is 28.7. The molecule has 0 aliphatic carbocycles. The Bertz CT molecular complexity index is 1190. The minimum absolute atomic E-state index is 0.00990. The molecule has 28 heavy (non-hydrogen) atoms. The zero-order valence-electron chi connectivity index (χ0n) is 14.7. The Hall–Kier alpha value is -3.60. The largest absolute Gasteiger partial charge is 0.403 e. The zero-order chi connectivity index (χ0) is 20.5. The smallest absolute Gasteiger partial charge is 0.322 e. The highest BCUT2D eigenvalue weighted by atomic mass is 32.2. The van der Waals surface area contributed by atoms with Crippen molar-refractivity contribution in [1.82, 2.24) is 10.2 Å². The molecule has 0 bridgehead atoms. The van der Waals surface area contributed by atoms with E-state index in [-0.39, 0.29) is 28.1 Å². The summed E-state index contributed by atoms with van der Waals surface area (Å²) in [5, 5.41) is 20.8. The van der Waals surface area contributed by atoms with Crippen molar-refractivity contribution in [3.63, 3.8) is 0 Å². The van der Waals surface area contributed by atoms with Crippen LogP contribution in [0.5, 0.6) is 0 Å². The van der Waals surface area contributed by atoms with E-state index in [1.54, 1.807) is 13.0 Å². The fourth-order valence-corrected chi connectivity index (χ4v) is 3.03. The minimum atomic E-state index is -3.41. The van der Waals surface area contributed by atoms with Gasteiger partial charge in [0.2, 0.25) is 5.89 Å². The number of nitro groups is 1. The summed E-state index contributed by atoms with van der Waals surface area (Å²) in [5.74, 6) is -0.654. The van der Waals surface area contributed by atoms with Gasteiger partial charge in [0.1, 0.15) is 0 Å². The van der Waals surface area contributed by atoms with Crippen LogP contribution in [0.1, 0.15) is 15.9 Å². The Morgan fingerprint density at radius 1 is 1.18 bits per heavy atom. The summed E-state index contributed by atoms with van der Waals surface area (Å²) in [6.07, 6.45) is 1.08. The van der Waals surface area contributed by atoms with Gasteiger partial charge in [0.25, 0.3) is 11.6 Å². The van der Waals surface area contributed by atoms with E-state index >= 15 is 0 Å². The fourth-order valence-electron chi connectivity index (χ4n) is 2.37. The molecule has 10 nitrogen and oxygen atoms in total. The Balaban J connectivity index is 1.83. The van der Waals surface area contributed by atoms with E-state index in [1.165, 1.54) is 30.3 Å². The standard InChI is InChI=1S/C17H14N4O6S/c1-10-6-7-11(9-14(10)21(23)24)15(22)18-17-20-19-16(27-17)12-4-3-5-13(8-12)28(2,25)26/h3-9H,1-2H3,(H,18,20,22). The van der Waals surface area contributed by atoms with Crippen LogP contribution >= 0.6 is 0 Å². The third-order valence-corrected chi connectivity index (χ3v) is 4.93. The number of carbonyl (C=O) groups is 1. The molecule has 0 spiro atoms. The maximum atomic E-state index is 12.3. The predicted molar refractivity (Wildman–Crippen MR) is 98.6 cm³/mol. The van der Waals surface area contributed by atoms with E-state index in [2.05, 4.69) is 15.5 Å². The van der Waals surface area contributed by atoms with Crippen molar-refractivity contribution in [2.24, 2.45) is 0 Å². The lowest BCUT2D eigenvalue weighted by Gasteiger charge is -2.02. The average Bonchev–Trinajstić information content (AvgIpc) is 3.09. The molecule has 1 N–H and O–H groups in total. The molecule has 0 saturated carbocycles. The third kappa shape index (κ3) is 4.04. The molecule has 144 valence electrons. The molecule has 0 unspecified atom stereocenters. The molecule has 0 aliphatic rings. The second-order valence-corrected chi connectivity index (χ2v) is 7.94. The number of aromatic nitrogens is 2. The van der Waals surface area contributed by atoms with Crippen molar-refractivity contribution in [2.75, 3.05) is 11.6 Å². The molecule has 0 saturated heterocycles. The quantitative estimate of drug-likeness (QED) is 0.506. The van der Waals surface area contributed by atoms with Crippen LogP contribution in [-0.4, -0.2) is 35.7 Å². The van der Waals surface area contributed by atoms with Crippen LogP contribution in [0.25, 0.3) is 11.5 Å². The number of nitro benzene ring substituents is 1. The minimum Gasteiger partial charge on any atom is -0.403 e. The first-order chi connectivity index (χ1) is 13.1. The number of hydrogen-bond donors (Lipinski definition) is 1. The zero-order valence-corrected chi connectivity index (χ0v) is 15.6. The maximum Gasteiger partial charge on any atom is 0.322 e. The Morgan fingerprint density at radius 2 is 1.93 bits per heavy atom. The van der Waals surface area contributed by atoms with Crippen molar-refractivity contribution in [3.8, 4) is 11.5 Å². The number of nitrogens with zero attached hydrogens (tertiary/aromatic N) is 3. The molecule has 2 aromatic carbocycles. The average molecular weight is 402 g/mol. The number of amides is 1. The second-order valence-electron chi connectivity index (χ2n) is 5.92. The highest BCUT2D eigenvalue weighted by molar-refractivity contribution is 7.90. The van der Waals surface area contributed by atoms with Gasteiger partial charge < -0.3 is 4.42 Å². The van der Waals surface area contributed by atoms with Crippen molar-refractivity contribution >= 4 is 27.4 Å². The van der Waals surface area contributed by atoms with E-state index in [4.69, 9.17) is 4.42 Å². The van der Waals surface area contributed by atoms with Gasteiger partial charge in [-0.1, -0.05) is 17.2 Å². The summed E-state index contributed by atoms with van der Waals surface area (Å²) in [6, 6.07) is 9.73. The van der Waals surface area contributed by atoms with E-state index in [1.807, 2.05) is 0 Å². The van der Waals surface area contributed by atoms with Gasteiger partial charge >= 0.3 is 6.01 Å². The number of aryl methyl sites for hydroxylation is 1. The van der Waals surface area contributed by atoms with Crippen LogP contribution in [0.3, 0.4) is 0 Å². The molecular formula is C17H14N4O6S. The van der Waals surface area contributed by atoms with Crippen molar-refractivity contribution < 1.29 is 22.6 Å². The second kappa shape index (κ2) is 7.19. The van der Waals surface area contributed by atoms with Crippen molar-refractivity contribution in [3.05, 3.63) is 63.7 Å². The van der Waals surface area contributed by atoms with Gasteiger partial charge in [0.05, 0.1) is 9.82 Å². The third-order valence-electron chi connectivity index (χ3n) is 3.82. The Kier molecular flexibility index (Phi) is 4.92. The molecule has 0 fully saturated rings. The van der Waals surface area contributed by atoms with E-state index in [9.17, 15) is 23.3 Å². The normalized spacial score (nSPS) is 11.2. The molecule has 3 rings (SSSR count). The molecule has 1 aromatic heterocycles. The van der Waals surface area contributed by atoms with Gasteiger partial charge in [-0.2, -0.15) is 0 Å². The monoisotopic (exact) mass is 402 g/mol. The summed E-state index contributed by atoms with van der Waals surface area (Å²) in [4.78, 5) is 22.8. The molecule has 0 radical (unpaired) electrons. The van der Waals surface area contributed by atoms with Crippen LogP contribution < -0.4 is 5.32 Å². The lowest BCUT2D eigenvalue weighted by molar-refractivity contribution is -0.385. The summed E-state index contributed by atoms with van der Waals surface area (Å²) in [6.45, 7) is 1.56. The van der Waals surface area contributed by atoms with Crippen LogP contribution in [0.2, 0.25) is 0 Å². The van der Waals surface area contributed by atoms with Gasteiger partial charge in [-0.25, -0.2) is 8.42 Å². The molecule has 3 aromatic rings. The summed E-state index contributed by atoms with van der Waals surface area (Å²) >= 11 is 0. The highest BCUT2D eigenvalue weighted by Crippen LogP contribution is 2.24. The number of nitrogens with one attached hydrogen (secondary N) is 1. The lowest BCUT2D eigenvalue weighted by atomic mass is 10.1. The Morgan fingerprint density at radius 3 is 2.61 bits per heavy atom. The number of carbonyl (C=O) groups excluding carboxylic acids is 1. The number of anilines is 1.